The lowest BCUT2D eigenvalue weighted by atomic mass is 10.3. The van der Waals surface area contributed by atoms with Crippen molar-refractivity contribution >= 4 is 15.7 Å². The number of ether oxygens (including phenoxy) is 1. The Hall–Kier alpha value is -2.12. The maximum Gasteiger partial charge on any atom is 0.263 e. The Labute approximate surface area is 117 Å². The molecule has 20 heavy (non-hydrogen) atoms. The Morgan fingerprint density at radius 2 is 2.10 bits per heavy atom. The molecule has 0 aliphatic carbocycles. The summed E-state index contributed by atoms with van der Waals surface area (Å²) in [7, 11) is -3.64. The molecule has 0 unspecified atom stereocenters. The summed E-state index contributed by atoms with van der Waals surface area (Å²) in [5.41, 5.74) is 5.77. The van der Waals surface area contributed by atoms with Crippen molar-refractivity contribution in [3.05, 3.63) is 48.8 Å². The molecule has 0 amide bonds. The number of benzene rings is 1. The quantitative estimate of drug-likeness (QED) is 0.835. The van der Waals surface area contributed by atoms with Crippen LogP contribution in [0.2, 0.25) is 0 Å². The van der Waals surface area contributed by atoms with E-state index in [-0.39, 0.29) is 4.90 Å². The van der Waals surface area contributed by atoms with E-state index in [1.54, 1.807) is 30.3 Å². The number of rotatable bonds is 6. The van der Waals surface area contributed by atoms with Crippen molar-refractivity contribution in [2.45, 2.75) is 4.90 Å². The van der Waals surface area contributed by atoms with Crippen LogP contribution in [-0.2, 0) is 10.0 Å². The van der Waals surface area contributed by atoms with Gasteiger partial charge in [0.25, 0.3) is 10.0 Å². The van der Waals surface area contributed by atoms with Crippen molar-refractivity contribution in [1.82, 2.24) is 4.98 Å². The molecule has 7 heteroatoms. The molecule has 3 N–H and O–H groups in total. The summed E-state index contributed by atoms with van der Waals surface area (Å²) >= 11 is 0. The number of pyridine rings is 1. The largest absolute Gasteiger partial charge is 0.492 e. The lowest BCUT2D eigenvalue weighted by Crippen LogP contribution is -2.13. The summed E-state index contributed by atoms with van der Waals surface area (Å²) < 4.78 is 32.0. The highest BCUT2D eigenvalue weighted by molar-refractivity contribution is 7.92. The number of hydrogen-bond donors (Lipinski definition) is 2. The van der Waals surface area contributed by atoms with Crippen LogP contribution in [0.15, 0.2) is 53.7 Å². The second kappa shape index (κ2) is 6.36. The van der Waals surface area contributed by atoms with Gasteiger partial charge in [-0.15, -0.1) is 0 Å². The molecule has 0 fully saturated rings. The van der Waals surface area contributed by atoms with E-state index in [4.69, 9.17) is 10.5 Å². The number of nitrogens with two attached hydrogens (primary N) is 1. The SMILES string of the molecule is NCCOc1cccc(NS(=O)(=O)c2cccnc2)c1. The van der Waals surface area contributed by atoms with E-state index in [9.17, 15) is 8.42 Å². The first-order valence-corrected chi connectivity index (χ1v) is 7.46. The molecule has 0 radical (unpaired) electrons. The third-order valence-corrected chi connectivity index (χ3v) is 3.78. The summed E-state index contributed by atoms with van der Waals surface area (Å²) in [6, 6.07) is 9.72. The molecule has 106 valence electrons. The standard InChI is InChI=1S/C13H15N3O3S/c14-6-8-19-12-4-1-3-11(9-12)16-20(17,18)13-5-2-7-15-10-13/h1-5,7,9-10,16H,6,8,14H2. The van der Waals surface area contributed by atoms with Crippen molar-refractivity contribution in [3.8, 4) is 5.75 Å². The Balaban J connectivity index is 2.17. The van der Waals surface area contributed by atoms with Gasteiger partial charge in [-0.1, -0.05) is 6.07 Å². The minimum atomic E-state index is -3.64. The van der Waals surface area contributed by atoms with Crippen LogP contribution in [0.25, 0.3) is 0 Å². The summed E-state index contributed by atoms with van der Waals surface area (Å²) in [6.07, 6.45) is 2.80. The first kappa shape index (κ1) is 14.3. The van der Waals surface area contributed by atoms with Crippen molar-refractivity contribution in [2.75, 3.05) is 17.9 Å². The van der Waals surface area contributed by atoms with E-state index in [1.807, 2.05) is 0 Å². The van der Waals surface area contributed by atoms with E-state index < -0.39 is 10.0 Å². The normalized spacial score (nSPS) is 11.1. The summed E-state index contributed by atoms with van der Waals surface area (Å²) in [6.45, 7) is 0.768. The predicted octanol–water partition coefficient (Wildman–Crippen LogP) is 1.22. The monoisotopic (exact) mass is 293 g/mol. The third-order valence-electron chi connectivity index (χ3n) is 2.42. The van der Waals surface area contributed by atoms with Crippen molar-refractivity contribution in [3.63, 3.8) is 0 Å². The molecule has 0 saturated heterocycles. The third kappa shape index (κ3) is 3.69. The van der Waals surface area contributed by atoms with Crippen molar-refractivity contribution < 1.29 is 13.2 Å². The van der Waals surface area contributed by atoms with Crippen LogP contribution >= 0.6 is 0 Å². The highest BCUT2D eigenvalue weighted by Gasteiger charge is 2.14. The molecule has 0 aliphatic heterocycles. The van der Waals surface area contributed by atoms with E-state index in [2.05, 4.69) is 9.71 Å². The Bertz CT molecular complexity index is 660. The van der Waals surface area contributed by atoms with Crippen LogP contribution in [0.1, 0.15) is 0 Å². The van der Waals surface area contributed by atoms with E-state index in [0.29, 0.717) is 24.6 Å². The van der Waals surface area contributed by atoms with Crippen LogP contribution in [0.5, 0.6) is 5.75 Å². The van der Waals surface area contributed by atoms with Crippen molar-refractivity contribution in [1.29, 1.82) is 0 Å². The highest BCUT2D eigenvalue weighted by Crippen LogP contribution is 2.20. The van der Waals surface area contributed by atoms with Crippen LogP contribution < -0.4 is 15.2 Å². The zero-order valence-corrected chi connectivity index (χ0v) is 11.5. The molecule has 1 heterocycles. The van der Waals surface area contributed by atoms with Crippen LogP contribution in [-0.4, -0.2) is 26.6 Å². The van der Waals surface area contributed by atoms with Crippen LogP contribution in [0.4, 0.5) is 5.69 Å². The number of aromatic nitrogens is 1. The summed E-state index contributed by atoms with van der Waals surface area (Å²) in [4.78, 5) is 3.90. The molecule has 1 aromatic carbocycles. The number of nitrogens with one attached hydrogen (secondary N) is 1. The number of sulfonamides is 1. The van der Waals surface area contributed by atoms with Gasteiger partial charge in [0.2, 0.25) is 0 Å². The fraction of sp³-hybridized carbons (Fsp3) is 0.154. The molecule has 2 aromatic rings. The Morgan fingerprint density at radius 1 is 1.25 bits per heavy atom. The van der Waals surface area contributed by atoms with Gasteiger partial charge in [-0.2, -0.15) is 0 Å². The first-order valence-electron chi connectivity index (χ1n) is 5.97. The van der Waals surface area contributed by atoms with Gasteiger partial charge in [-0.3, -0.25) is 9.71 Å². The summed E-state index contributed by atoms with van der Waals surface area (Å²) in [5.74, 6) is 0.557. The summed E-state index contributed by atoms with van der Waals surface area (Å²) in [5, 5.41) is 0. The van der Waals surface area contributed by atoms with Gasteiger partial charge in [0.05, 0.1) is 5.69 Å². The molecular weight excluding hydrogens is 278 g/mol. The molecule has 0 spiro atoms. The van der Waals surface area contributed by atoms with E-state index in [1.165, 1.54) is 18.5 Å². The zero-order chi connectivity index (χ0) is 14.4. The minimum absolute atomic E-state index is 0.105. The van der Waals surface area contributed by atoms with Gasteiger partial charge in [-0.25, -0.2) is 8.42 Å². The van der Waals surface area contributed by atoms with Gasteiger partial charge in [0.15, 0.2) is 0 Å². The van der Waals surface area contributed by atoms with E-state index in [0.717, 1.165) is 0 Å². The fourth-order valence-corrected chi connectivity index (χ4v) is 2.56. The number of nitrogens with zero attached hydrogens (tertiary/aromatic N) is 1. The molecule has 6 nitrogen and oxygen atoms in total. The highest BCUT2D eigenvalue weighted by atomic mass is 32.2. The van der Waals surface area contributed by atoms with Gasteiger partial charge in [-0.05, 0) is 24.3 Å². The van der Waals surface area contributed by atoms with Gasteiger partial charge in [0, 0.05) is 25.0 Å². The molecular formula is C13H15N3O3S. The van der Waals surface area contributed by atoms with Crippen LogP contribution in [0.3, 0.4) is 0 Å². The number of hydrogen-bond acceptors (Lipinski definition) is 5. The molecule has 0 saturated carbocycles. The molecule has 0 atom stereocenters. The van der Waals surface area contributed by atoms with Gasteiger partial charge in [0.1, 0.15) is 17.3 Å². The van der Waals surface area contributed by atoms with E-state index >= 15 is 0 Å². The van der Waals surface area contributed by atoms with Crippen LogP contribution in [0, 0.1) is 0 Å². The lowest BCUT2D eigenvalue weighted by Gasteiger charge is -2.10. The Morgan fingerprint density at radius 3 is 2.80 bits per heavy atom. The average Bonchev–Trinajstić information content (AvgIpc) is 2.46. The molecule has 1 aromatic heterocycles. The topological polar surface area (TPSA) is 94.3 Å². The first-order chi connectivity index (χ1) is 9.62. The smallest absolute Gasteiger partial charge is 0.263 e. The maximum atomic E-state index is 12.1. The van der Waals surface area contributed by atoms with Crippen molar-refractivity contribution in [2.24, 2.45) is 5.73 Å². The maximum absolute atomic E-state index is 12.1. The van der Waals surface area contributed by atoms with Gasteiger partial charge >= 0.3 is 0 Å². The fourth-order valence-electron chi connectivity index (χ4n) is 1.55. The number of anilines is 1. The molecule has 0 aliphatic rings. The Kier molecular flexibility index (Phi) is 4.54. The predicted molar refractivity (Wildman–Crippen MR) is 76.0 cm³/mol. The lowest BCUT2D eigenvalue weighted by molar-refractivity contribution is 0.328. The second-order valence-electron chi connectivity index (χ2n) is 3.96. The minimum Gasteiger partial charge on any atom is -0.492 e. The van der Waals surface area contributed by atoms with Gasteiger partial charge < -0.3 is 10.5 Å². The second-order valence-corrected chi connectivity index (χ2v) is 5.64. The average molecular weight is 293 g/mol. The zero-order valence-electron chi connectivity index (χ0n) is 10.7. The molecule has 0 bridgehead atoms. The molecule has 2 rings (SSSR count).